The van der Waals surface area contributed by atoms with Gasteiger partial charge in [-0.2, -0.15) is 0 Å². The minimum absolute atomic E-state index is 0.00920. The molecule has 7 heteroatoms. The second kappa shape index (κ2) is 6.27. The first-order chi connectivity index (χ1) is 11.5. The van der Waals surface area contributed by atoms with Crippen LogP contribution in [-0.2, 0) is 18.4 Å². The molecule has 0 aliphatic rings. The van der Waals surface area contributed by atoms with Gasteiger partial charge >= 0.3 is 5.69 Å². The van der Waals surface area contributed by atoms with Crippen molar-refractivity contribution in [2.45, 2.75) is 13.0 Å². The summed E-state index contributed by atoms with van der Waals surface area (Å²) in [6, 6.07) is 10.2. The number of imidazole rings is 1. The maximum Gasteiger partial charge on any atom is 0.328 e. The number of halogens is 2. The van der Waals surface area contributed by atoms with Gasteiger partial charge in [0, 0.05) is 26.1 Å². The molecule has 5 nitrogen and oxygen atoms in total. The maximum atomic E-state index is 13.5. The molecule has 0 aliphatic heterocycles. The molecule has 0 atom stereocenters. The summed E-state index contributed by atoms with van der Waals surface area (Å²) < 4.78 is 29.4. The van der Waals surface area contributed by atoms with Crippen LogP contribution in [0.4, 0.5) is 14.5 Å². The molecule has 0 fully saturated rings. The number of carbonyl (C=O) groups excluding carboxylic acids is 1. The fourth-order valence-electron chi connectivity index (χ4n) is 2.60. The Morgan fingerprint density at radius 3 is 2.54 bits per heavy atom. The number of nitrogens with one attached hydrogen (secondary N) is 1. The molecular weight excluding hydrogens is 316 g/mol. The molecule has 0 radical (unpaired) electrons. The molecule has 0 aliphatic carbocycles. The van der Waals surface area contributed by atoms with Gasteiger partial charge in [0.15, 0.2) is 0 Å². The zero-order chi connectivity index (χ0) is 17.3. The second-order valence-corrected chi connectivity index (χ2v) is 5.40. The van der Waals surface area contributed by atoms with Gasteiger partial charge in [0.25, 0.3) is 0 Å². The van der Waals surface area contributed by atoms with E-state index >= 15 is 0 Å². The number of hydrogen-bond acceptors (Lipinski definition) is 2. The van der Waals surface area contributed by atoms with Crippen molar-refractivity contribution in [3.8, 4) is 0 Å². The summed E-state index contributed by atoms with van der Waals surface area (Å²) >= 11 is 0. The van der Waals surface area contributed by atoms with Crippen LogP contribution in [0.25, 0.3) is 11.0 Å². The van der Waals surface area contributed by atoms with Crippen LogP contribution in [0.15, 0.2) is 47.3 Å². The predicted molar refractivity (Wildman–Crippen MR) is 86.8 cm³/mol. The number of benzene rings is 2. The number of fused-ring (bicyclic) bond motifs is 1. The van der Waals surface area contributed by atoms with Crippen molar-refractivity contribution < 1.29 is 13.6 Å². The Morgan fingerprint density at radius 2 is 1.83 bits per heavy atom. The number of rotatable bonds is 4. The lowest BCUT2D eigenvalue weighted by molar-refractivity contribution is -0.116. The third-order valence-corrected chi connectivity index (χ3v) is 3.82. The lowest BCUT2D eigenvalue weighted by Crippen LogP contribution is -2.24. The van der Waals surface area contributed by atoms with Crippen molar-refractivity contribution in [3.63, 3.8) is 0 Å². The molecular formula is C17H15F2N3O2. The first-order valence-electron chi connectivity index (χ1n) is 7.36. The molecule has 1 amide bonds. The van der Waals surface area contributed by atoms with Gasteiger partial charge in [0.1, 0.15) is 11.6 Å². The van der Waals surface area contributed by atoms with Gasteiger partial charge in [-0.15, -0.1) is 0 Å². The average molecular weight is 331 g/mol. The molecule has 124 valence electrons. The minimum atomic E-state index is -0.842. The number of hydrogen-bond donors (Lipinski definition) is 1. The molecule has 24 heavy (non-hydrogen) atoms. The molecule has 1 aromatic heterocycles. The summed E-state index contributed by atoms with van der Waals surface area (Å²) in [5, 5.41) is 2.38. The van der Waals surface area contributed by atoms with Gasteiger partial charge < -0.3 is 5.32 Å². The number of aryl methyl sites for hydroxylation is 2. The van der Waals surface area contributed by atoms with E-state index in [1.54, 1.807) is 13.1 Å². The number of anilines is 1. The Hall–Kier alpha value is -2.96. The third kappa shape index (κ3) is 2.92. The Balaban J connectivity index is 1.75. The van der Waals surface area contributed by atoms with Crippen LogP contribution in [-0.4, -0.2) is 15.0 Å². The average Bonchev–Trinajstić information content (AvgIpc) is 2.80. The van der Waals surface area contributed by atoms with E-state index in [4.69, 9.17) is 0 Å². The van der Waals surface area contributed by atoms with E-state index in [2.05, 4.69) is 5.32 Å². The molecule has 0 unspecified atom stereocenters. The fraction of sp³-hybridized carbons (Fsp3) is 0.176. The summed E-state index contributed by atoms with van der Waals surface area (Å²) in [5.74, 6) is -2.01. The number of carbonyl (C=O) groups is 1. The predicted octanol–water partition coefficient (Wildman–Crippen LogP) is 2.65. The smallest absolute Gasteiger partial charge is 0.324 e. The van der Waals surface area contributed by atoms with E-state index in [0.717, 1.165) is 23.2 Å². The molecule has 3 rings (SSSR count). The molecule has 2 aromatic carbocycles. The monoisotopic (exact) mass is 331 g/mol. The molecule has 0 bridgehead atoms. The SMILES string of the molecule is Cn1c(=O)n(CCC(=O)Nc2ccc(F)cc2F)c2ccccc21. The lowest BCUT2D eigenvalue weighted by atomic mass is 10.2. The van der Waals surface area contributed by atoms with Crippen LogP contribution in [0.3, 0.4) is 0 Å². The Kier molecular flexibility index (Phi) is 4.16. The zero-order valence-corrected chi connectivity index (χ0v) is 12.9. The molecule has 0 saturated carbocycles. The fourth-order valence-corrected chi connectivity index (χ4v) is 2.60. The summed E-state index contributed by atoms with van der Waals surface area (Å²) in [6.07, 6.45) is -0.00920. The highest BCUT2D eigenvalue weighted by molar-refractivity contribution is 5.90. The van der Waals surface area contributed by atoms with E-state index in [1.807, 2.05) is 18.2 Å². The molecule has 3 aromatic rings. The number of amides is 1. The lowest BCUT2D eigenvalue weighted by Gasteiger charge is -2.07. The largest absolute Gasteiger partial charge is 0.328 e. The van der Waals surface area contributed by atoms with Gasteiger partial charge in [-0.25, -0.2) is 13.6 Å². The van der Waals surface area contributed by atoms with Crippen molar-refractivity contribution in [2.75, 3.05) is 5.32 Å². The first-order valence-corrected chi connectivity index (χ1v) is 7.36. The first kappa shape index (κ1) is 15.9. The van der Waals surface area contributed by atoms with Gasteiger partial charge in [-0.05, 0) is 24.3 Å². The summed E-state index contributed by atoms with van der Waals surface area (Å²) in [4.78, 5) is 24.2. The van der Waals surface area contributed by atoms with Gasteiger partial charge in [-0.1, -0.05) is 12.1 Å². The highest BCUT2D eigenvalue weighted by atomic mass is 19.1. The summed E-state index contributed by atoms with van der Waals surface area (Å²) in [5.41, 5.74) is 1.18. The van der Waals surface area contributed by atoms with E-state index in [-0.39, 0.29) is 24.3 Å². The van der Waals surface area contributed by atoms with Gasteiger partial charge in [0.05, 0.1) is 16.7 Å². The van der Waals surface area contributed by atoms with Crippen LogP contribution in [0.1, 0.15) is 6.42 Å². The molecule has 1 N–H and O–H groups in total. The topological polar surface area (TPSA) is 56.0 Å². The van der Waals surface area contributed by atoms with Crippen molar-refractivity contribution in [2.24, 2.45) is 7.05 Å². The van der Waals surface area contributed by atoms with E-state index < -0.39 is 17.5 Å². The molecule has 1 heterocycles. The van der Waals surface area contributed by atoms with E-state index in [0.29, 0.717) is 6.07 Å². The summed E-state index contributed by atoms with van der Waals surface area (Å²) in [7, 11) is 1.66. The van der Waals surface area contributed by atoms with Crippen molar-refractivity contribution in [1.82, 2.24) is 9.13 Å². The van der Waals surface area contributed by atoms with Crippen LogP contribution in [0, 0.1) is 11.6 Å². The number of aromatic nitrogens is 2. The standard InChI is InChI=1S/C17H15F2N3O2/c1-21-14-4-2-3-5-15(14)22(17(21)24)9-8-16(23)20-13-7-6-11(18)10-12(13)19/h2-7,10H,8-9H2,1H3,(H,20,23). The van der Waals surface area contributed by atoms with E-state index in [9.17, 15) is 18.4 Å². The third-order valence-electron chi connectivity index (χ3n) is 3.82. The van der Waals surface area contributed by atoms with Crippen molar-refractivity contribution in [1.29, 1.82) is 0 Å². The van der Waals surface area contributed by atoms with Crippen LogP contribution in [0.2, 0.25) is 0 Å². The van der Waals surface area contributed by atoms with Crippen LogP contribution < -0.4 is 11.0 Å². The normalized spacial score (nSPS) is 11.0. The second-order valence-electron chi connectivity index (χ2n) is 5.40. The van der Waals surface area contributed by atoms with Gasteiger partial charge in [-0.3, -0.25) is 13.9 Å². The highest BCUT2D eigenvalue weighted by Gasteiger charge is 2.12. The van der Waals surface area contributed by atoms with Crippen LogP contribution in [0.5, 0.6) is 0 Å². The Morgan fingerprint density at radius 1 is 1.12 bits per heavy atom. The van der Waals surface area contributed by atoms with Crippen molar-refractivity contribution in [3.05, 3.63) is 64.6 Å². The highest BCUT2D eigenvalue weighted by Crippen LogP contribution is 2.16. The Bertz CT molecular complexity index is 976. The van der Waals surface area contributed by atoms with Crippen LogP contribution >= 0.6 is 0 Å². The number of nitrogens with zero attached hydrogens (tertiary/aromatic N) is 2. The molecule has 0 saturated heterocycles. The number of para-hydroxylation sites is 2. The zero-order valence-electron chi connectivity index (χ0n) is 12.9. The van der Waals surface area contributed by atoms with E-state index in [1.165, 1.54) is 9.13 Å². The quantitative estimate of drug-likeness (QED) is 0.799. The van der Waals surface area contributed by atoms with Crippen molar-refractivity contribution >= 4 is 22.6 Å². The summed E-state index contributed by atoms with van der Waals surface area (Å²) in [6.45, 7) is 0.162. The van der Waals surface area contributed by atoms with Gasteiger partial charge in [0.2, 0.25) is 5.91 Å². The molecule has 0 spiro atoms. The maximum absolute atomic E-state index is 13.5. The minimum Gasteiger partial charge on any atom is -0.324 e. The Labute approximate surface area is 136 Å².